The molecule has 1 N–H and O–H groups in total. The van der Waals surface area contributed by atoms with Gasteiger partial charge in [0.25, 0.3) is 5.91 Å². The van der Waals surface area contributed by atoms with Crippen molar-refractivity contribution < 1.29 is 27.9 Å². The first-order chi connectivity index (χ1) is 16.9. The maximum Gasteiger partial charge on any atom is 0.416 e. The third-order valence-corrected chi connectivity index (χ3v) is 7.16. The normalized spacial score (nSPS) is 11.6. The molecule has 1 heterocycles. The first kappa shape index (κ1) is 25.8. The van der Waals surface area contributed by atoms with E-state index in [1.807, 2.05) is 12.1 Å². The Morgan fingerprint density at radius 2 is 1.61 bits per heavy atom. The highest BCUT2D eigenvalue weighted by Crippen LogP contribution is 2.37. The molecule has 36 heavy (non-hydrogen) atoms. The van der Waals surface area contributed by atoms with Gasteiger partial charge in [0, 0.05) is 45.9 Å². The Balaban J connectivity index is 1.70. The highest BCUT2D eigenvalue weighted by atomic mass is 79.9. The fourth-order valence-electron chi connectivity index (χ4n) is 3.74. The van der Waals surface area contributed by atoms with Crippen molar-refractivity contribution in [2.45, 2.75) is 22.5 Å². The largest absolute Gasteiger partial charge is 0.477 e. The molecule has 0 aliphatic carbocycles. The van der Waals surface area contributed by atoms with E-state index in [1.165, 1.54) is 28.8 Å². The number of benzene rings is 3. The summed E-state index contributed by atoms with van der Waals surface area (Å²) in [5.41, 5.74) is 1.36. The van der Waals surface area contributed by atoms with Crippen molar-refractivity contribution in [1.82, 2.24) is 9.47 Å². The number of rotatable bonds is 6. The molecule has 0 aliphatic heterocycles. The van der Waals surface area contributed by atoms with E-state index in [1.54, 1.807) is 49.0 Å². The van der Waals surface area contributed by atoms with Crippen LogP contribution >= 0.6 is 27.7 Å². The summed E-state index contributed by atoms with van der Waals surface area (Å²) >= 11 is 4.79. The number of alkyl halides is 3. The van der Waals surface area contributed by atoms with Gasteiger partial charge in [-0.05, 0) is 60.2 Å². The molecule has 4 aromatic rings. The van der Waals surface area contributed by atoms with Gasteiger partial charge in [-0.3, -0.25) is 4.79 Å². The fourth-order valence-corrected chi connectivity index (χ4v) is 5.35. The summed E-state index contributed by atoms with van der Waals surface area (Å²) in [4.78, 5) is 27.0. The Bertz CT molecular complexity index is 1450. The monoisotopic (exact) mass is 576 g/mol. The molecule has 0 fully saturated rings. The van der Waals surface area contributed by atoms with E-state index in [2.05, 4.69) is 15.9 Å². The van der Waals surface area contributed by atoms with E-state index in [-0.39, 0.29) is 18.1 Å². The van der Waals surface area contributed by atoms with E-state index >= 15 is 0 Å². The zero-order chi connectivity index (χ0) is 26.2. The highest BCUT2D eigenvalue weighted by Gasteiger charge is 2.30. The SMILES string of the molecule is CN(C)C(=O)c1ccc(Cn2c(C(=O)O)cc3c(Br)cc(Sc4ccc(C(F)(F)F)cc4)cc32)cc1. The van der Waals surface area contributed by atoms with E-state index in [0.29, 0.717) is 25.8 Å². The molecular formula is C26H20BrF3N2O3S. The van der Waals surface area contributed by atoms with Crippen LogP contribution in [0.1, 0.15) is 32.0 Å². The molecule has 3 aromatic carbocycles. The van der Waals surface area contributed by atoms with Crippen molar-refractivity contribution in [2.24, 2.45) is 0 Å². The lowest BCUT2D eigenvalue weighted by Gasteiger charge is -2.13. The van der Waals surface area contributed by atoms with Crippen molar-refractivity contribution in [2.75, 3.05) is 14.1 Å². The standard InChI is InChI=1S/C26H20BrF3N2O3S/c1-31(2)24(33)16-5-3-15(4-6-16)14-32-22-12-19(11-21(27)20(22)13-23(32)25(34)35)36-18-9-7-17(8-10-18)26(28,29)30/h3-13H,14H2,1-2H3,(H,34,35). The van der Waals surface area contributed by atoms with E-state index in [4.69, 9.17) is 0 Å². The third-order valence-electron chi connectivity index (χ3n) is 5.53. The van der Waals surface area contributed by atoms with Crippen LogP contribution in [0.4, 0.5) is 13.2 Å². The summed E-state index contributed by atoms with van der Waals surface area (Å²) in [6.07, 6.45) is -4.41. The number of halogens is 4. The van der Waals surface area contributed by atoms with Crippen molar-refractivity contribution in [3.05, 3.63) is 93.6 Å². The summed E-state index contributed by atoms with van der Waals surface area (Å²) in [6.45, 7) is 0.252. The second-order valence-corrected chi connectivity index (χ2v) is 10.3. The second kappa shape index (κ2) is 10.0. The van der Waals surface area contributed by atoms with Gasteiger partial charge < -0.3 is 14.6 Å². The molecular weight excluding hydrogens is 557 g/mol. The molecule has 1 amide bonds. The van der Waals surface area contributed by atoms with E-state index in [9.17, 15) is 27.9 Å². The van der Waals surface area contributed by atoms with Crippen LogP contribution in [0.25, 0.3) is 10.9 Å². The van der Waals surface area contributed by atoms with Crippen molar-refractivity contribution in [3.8, 4) is 0 Å². The molecule has 0 saturated heterocycles. The number of fused-ring (bicyclic) bond motifs is 1. The predicted molar refractivity (Wildman–Crippen MR) is 136 cm³/mol. The van der Waals surface area contributed by atoms with Crippen LogP contribution in [-0.2, 0) is 12.7 Å². The van der Waals surface area contributed by atoms with Crippen LogP contribution < -0.4 is 0 Å². The van der Waals surface area contributed by atoms with Crippen LogP contribution in [0, 0.1) is 0 Å². The smallest absolute Gasteiger partial charge is 0.416 e. The Kier molecular flexibility index (Phi) is 7.19. The van der Waals surface area contributed by atoms with E-state index < -0.39 is 17.7 Å². The maximum atomic E-state index is 12.9. The summed E-state index contributed by atoms with van der Waals surface area (Å²) in [5.74, 6) is -1.22. The average Bonchev–Trinajstić information content (AvgIpc) is 3.18. The molecule has 10 heteroatoms. The number of nitrogens with zero attached hydrogens (tertiary/aromatic N) is 2. The number of carbonyl (C=O) groups excluding carboxylic acids is 1. The minimum atomic E-state index is -4.41. The van der Waals surface area contributed by atoms with Crippen molar-refractivity contribution in [3.63, 3.8) is 0 Å². The number of amides is 1. The molecule has 0 unspecified atom stereocenters. The molecule has 1 aromatic heterocycles. The lowest BCUT2D eigenvalue weighted by Crippen LogP contribution is -2.21. The summed E-state index contributed by atoms with van der Waals surface area (Å²) in [6, 6.07) is 17.1. The predicted octanol–water partition coefficient (Wildman–Crippen LogP) is 7.02. The first-order valence-corrected chi connectivity index (χ1v) is 12.3. The van der Waals surface area contributed by atoms with Gasteiger partial charge in [0.15, 0.2) is 0 Å². The lowest BCUT2D eigenvalue weighted by atomic mass is 10.1. The van der Waals surface area contributed by atoms with Gasteiger partial charge in [-0.1, -0.05) is 39.8 Å². The Labute approximate surface area is 217 Å². The minimum absolute atomic E-state index is 0.0934. The molecule has 0 bridgehead atoms. The van der Waals surface area contributed by atoms with Crippen molar-refractivity contribution in [1.29, 1.82) is 0 Å². The van der Waals surface area contributed by atoms with E-state index in [0.717, 1.165) is 22.6 Å². The molecule has 0 spiro atoms. The van der Waals surface area contributed by atoms with Gasteiger partial charge in [0.2, 0.25) is 0 Å². The Hall–Kier alpha value is -3.24. The molecule has 186 valence electrons. The average molecular weight is 577 g/mol. The number of carboxylic acids is 1. The summed E-state index contributed by atoms with van der Waals surface area (Å²) in [5, 5.41) is 10.5. The molecule has 0 atom stereocenters. The Morgan fingerprint density at radius 1 is 0.972 bits per heavy atom. The van der Waals surface area contributed by atoms with Gasteiger partial charge in [-0.25, -0.2) is 4.79 Å². The topological polar surface area (TPSA) is 62.5 Å². The van der Waals surface area contributed by atoms with Gasteiger partial charge in [-0.2, -0.15) is 13.2 Å². The summed E-state index contributed by atoms with van der Waals surface area (Å²) in [7, 11) is 3.33. The number of carbonyl (C=O) groups is 2. The lowest BCUT2D eigenvalue weighted by molar-refractivity contribution is -0.137. The van der Waals surface area contributed by atoms with Crippen LogP contribution in [0.2, 0.25) is 0 Å². The molecule has 0 aliphatic rings. The number of aromatic nitrogens is 1. The first-order valence-electron chi connectivity index (χ1n) is 10.7. The third kappa shape index (κ3) is 5.44. The minimum Gasteiger partial charge on any atom is -0.477 e. The molecule has 4 rings (SSSR count). The fraction of sp³-hybridized carbons (Fsp3) is 0.154. The zero-order valence-corrected chi connectivity index (χ0v) is 21.5. The number of aromatic carboxylic acids is 1. The van der Waals surface area contributed by atoms with Gasteiger partial charge in [0.1, 0.15) is 5.69 Å². The van der Waals surface area contributed by atoms with Crippen LogP contribution in [0.3, 0.4) is 0 Å². The van der Waals surface area contributed by atoms with Gasteiger partial charge in [-0.15, -0.1) is 0 Å². The van der Waals surface area contributed by atoms with Gasteiger partial charge >= 0.3 is 12.1 Å². The number of hydrogen-bond acceptors (Lipinski definition) is 3. The van der Waals surface area contributed by atoms with Crippen LogP contribution in [0.15, 0.2) is 81.0 Å². The number of hydrogen-bond donors (Lipinski definition) is 1. The molecule has 0 radical (unpaired) electrons. The molecule has 0 saturated carbocycles. The van der Waals surface area contributed by atoms with Crippen molar-refractivity contribution >= 4 is 50.5 Å². The Morgan fingerprint density at radius 3 is 2.17 bits per heavy atom. The second-order valence-electron chi connectivity index (χ2n) is 8.28. The van der Waals surface area contributed by atoms with Gasteiger partial charge in [0.05, 0.1) is 11.1 Å². The van der Waals surface area contributed by atoms with Crippen LogP contribution in [-0.4, -0.2) is 40.5 Å². The summed E-state index contributed by atoms with van der Waals surface area (Å²) < 4.78 is 41.0. The quantitative estimate of drug-likeness (QED) is 0.268. The number of carboxylic acid groups (broad SMARTS) is 1. The molecule has 5 nitrogen and oxygen atoms in total. The maximum absolute atomic E-state index is 12.9. The van der Waals surface area contributed by atoms with Crippen LogP contribution in [0.5, 0.6) is 0 Å². The zero-order valence-electron chi connectivity index (χ0n) is 19.1. The highest BCUT2D eigenvalue weighted by molar-refractivity contribution is 9.10.